The summed E-state index contributed by atoms with van der Waals surface area (Å²) in [5.41, 5.74) is 7.69. The van der Waals surface area contributed by atoms with Gasteiger partial charge in [0.15, 0.2) is 0 Å². The van der Waals surface area contributed by atoms with Crippen molar-refractivity contribution < 1.29 is 0 Å². The molecule has 1 aromatic heterocycles. The molecule has 0 aliphatic rings. The summed E-state index contributed by atoms with van der Waals surface area (Å²) in [5, 5.41) is 1.11. The summed E-state index contributed by atoms with van der Waals surface area (Å²) in [5.74, 6) is 0. The van der Waals surface area contributed by atoms with Gasteiger partial charge in [0.25, 0.3) is 0 Å². The Labute approximate surface area is 135 Å². The van der Waals surface area contributed by atoms with Gasteiger partial charge in [0.05, 0.1) is 10.7 Å². The molecule has 0 radical (unpaired) electrons. The fourth-order valence-corrected chi connectivity index (χ4v) is 2.48. The van der Waals surface area contributed by atoms with Crippen molar-refractivity contribution in [2.45, 2.75) is 19.5 Å². The van der Waals surface area contributed by atoms with Crippen LogP contribution in [0, 0.1) is 0 Å². The second-order valence-electron chi connectivity index (χ2n) is 4.90. The average molecular weight is 324 g/mol. The Morgan fingerprint density at radius 2 is 1.76 bits per heavy atom. The fourth-order valence-electron chi connectivity index (χ4n) is 2.15. The molecule has 0 unspecified atom stereocenters. The van der Waals surface area contributed by atoms with Crippen LogP contribution in [-0.4, -0.2) is 23.0 Å². The van der Waals surface area contributed by atoms with Crippen LogP contribution in [0.25, 0.3) is 0 Å². The standard InChI is InChI=1S/C16H19Cl2N3/c17-14-7-8-16(18)20-15(14)12-21(10-4-9-19)11-13-5-2-1-3-6-13/h1-3,5-8H,4,9-12,19H2. The summed E-state index contributed by atoms with van der Waals surface area (Å²) in [6, 6.07) is 13.8. The number of halogens is 2. The molecule has 1 aromatic carbocycles. The van der Waals surface area contributed by atoms with Crippen molar-refractivity contribution in [3.8, 4) is 0 Å². The van der Waals surface area contributed by atoms with Gasteiger partial charge in [-0.25, -0.2) is 4.98 Å². The van der Waals surface area contributed by atoms with E-state index in [0.717, 1.165) is 25.2 Å². The van der Waals surface area contributed by atoms with E-state index in [1.165, 1.54) is 5.56 Å². The minimum Gasteiger partial charge on any atom is -0.330 e. The summed E-state index contributed by atoms with van der Waals surface area (Å²) in [4.78, 5) is 6.61. The second-order valence-corrected chi connectivity index (χ2v) is 5.70. The molecule has 21 heavy (non-hydrogen) atoms. The first kappa shape index (κ1) is 16.2. The maximum Gasteiger partial charge on any atom is 0.129 e. The van der Waals surface area contributed by atoms with Gasteiger partial charge in [-0.1, -0.05) is 53.5 Å². The van der Waals surface area contributed by atoms with Gasteiger partial charge in [-0.05, 0) is 30.7 Å². The van der Waals surface area contributed by atoms with E-state index < -0.39 is 0 Å². The predicted octanol–water partition coefficient (Wildman–Crippen LogP) is 3.74. The molecular weight excluding hydrogens is 305 g/mol. The minimum atomic E-state index is 0.466. The van der Waals surface area contributed by atoms with Crippen LogP contribution in [-0.2, 0) is 13.1 Å². The van der Waals surface area contributed by atoms with E-state index >= 15 is 0 Å². The summed E-state index contributed by atoms with van der Waals surface area (Å²) in [6.07, 6.45) is 0.936. The molecule has 0 spiro atoms. The molecule has 0 fully saturated rings. The third-order valence-electron chi connectivity index (χ3n) is 3.19. The van der Waals surface area contributed by atoms with E-state index in [-0.39, 0.29) is 0 Å². The first-order valence-corrected chi connectivity index (χ1v) is 7.72. The molecule has 0 amide bonds. The van der Waals surface area contributed by atoms with Crippen LogP contribution in [0.3, 0.4) is 0 Å². The van der Waals surface area contributed by atoms with Crippen LogP contribution in [0.2, 0.25) is 10.2 Å². The molecule has 1 heterocycles. The number of nitrogens with two attached hydrogens (primary N) is 1. The van der Waals surface area contributed by atoms with Gasteiger partial charge in [-0.15, -0.1) is 0 Å². The smallest absolute Gasteiger partial charge is 0.129 e. The highest BCUT2D eigenvalue weighted by atomic mass is 35.5. The lowest BCUT2D eigenvalue weighted by Crippen LogP contribution is -2.26. The van der Waals surface area contributed by atoms with Crippen LogP contribution in [0.1, 0.15) is 17.7 Å². The van der Waals surface area contributed by atoms with E-state index in [2.05, 4.69) is 22.0 Å². The fraction of sp³-hybridized carbons (Fsp3) is 0.312. The maximum atomic E-state index is 6.20. The van der Waals surface area contributed by atoms with Crippen LogP contribution in [0.15, 0.2) is 42.5 Å². The summed E-state index contributed by atoms with van der Waals surface area (Å²) in [7, 11) is 0. The number of pyridine rings is 1. The molecular formula is C16H19Cl2N3. The Bertz CT molecular complexity index is 561. The van der Waals surface area contributed by atoms with Crippen molar-refractivity contribution in [1.82, 2.24) is 9.88 Å². The zero-order chi connectivity index (χ0) is 15.1. The normalized spacial score (nSPS) is 11.0. The van der Waals surface area contributed by atoms with Gasteiger partial charge in [0.2, 0.25) is 0 Å². The highest BCUT2D eigenvalue weighted by Gasteiger charge is 2.11. The van der Waals surface area contributed by atoms with Gasteiger partial charge in [0.1, 0.15) is 5.15 Å². The molecule has 2 N–H and O–H groups in total. The Morgan fingerprint density at radius 1 is 1.00 bits per heavy atom. The van der Waals surface area contributed by atoms with Crippen LogP contribution in [0.4, 0.5) is 0 Å². The zero-order valence-corrected chi connectivity index (χ0v) is 13.3. The molecule has 0 saturated carbocycles. The minimum absolute atomic E-state index is 0.466. The Kier molecular flexibility index (Phi) is 6.46. The van der Waals surface area contributed by atoms with Gasteiger partial charge >= 0.3 is 0 Å². The number of rotatable bonds is 7. The zero-order valence-electron chi connectivity index (χ0n) is 11.8. The molecule has 2 rings (SSSR count). The van der Waals surface area contributed by atoms with E-state index in [1.807, 2.05) is 18.2 Å². The Balaban J connectivity index is 2.10. The SMILES string of the molecule is NCCCN(Cc1ccccc1)Cc1nc(Cl)ccc1Cl. The van der Waals surface area contributed by atoms with Crippen molar-refractivity contribution in [3.63, 3.8) is 0 Å². The topological polar surface area (TPSA) is 42.1 Å². The predicted molar refractivity (Wildman–Crippen MR) is 88.5 cm³/mol. The summed E-state index contributed by atoms with van der Waals surface area (Å²) in [6.45, 7) is 3.07. The van der Waals surface area contributed by atoms with Crippen molar-refractivity contribution in [1.29, 1.82) is 0 Å². The van der Waals surface area contributed by atoms with Gasteiger partial charge in [-0.3, -0.25) is 4.90 Å². The number of benzene rings is 1. The molecule has 2 aromatic rings. The molecule has 0 bridgehead atoms. The molecule has 0 atom stereocenters. The first-order chi connectivity index (χ1) is 10.2. The molecule has 0 saturated heterocycles. The van der Waals surface area contributed by atoms with Crippen molar-refractivity contribution in [2.24, 2.45) is 5.73 Å². The summed E-state index contributed by atoms with van der Waals surface area (Å²) < 4.78 is 0. The van der Waals surface area contributed by atoms with E-state index in [4.69, 9.17) is 28.9 Å². The van der Waals surface area contributed by atoms with E-state index in [0.29, 0.717) is 23.3 Å². The van der Waals surface area contributed by atoms with E-state index in [1.54, 1.807) is 12.1 Å². The van der Waals surface area contributed by atoms with Gasteiger partial charge in [-0.2, -0.15) is 0 Å². The Hall–Kier alpha value is -1.13. The molecule has 112 valence electrons. The highest BCUT2D eigenvalue weighted by molar-refractivity contribution is 6.32. The number of hydrogen-bond acceptors (Lipinski definition) is 3. The van der Waals surface area contributed by atoms with Crippen LogP contribution < -0.4 is 5.73 Å². The number of nitrogens with zero attached hydrogens (tertiary/aromatic N) is 2. The van der Waals surface area contributed by atoms with Crippen molar-refractivity contribution >= 4 is 23.2 Å². The lowest BCUT2D eigenvalue weighted by molar-refractivity contribution is 0.252. The monoisotopic (exact) mass is 323 g/mol. The van der Waals surface area contributed by atoms with Gasteiger partial charge < -0.3 is 5.73 Å². The number of aromatic nitrogens is 1. The van der Waals surface area contributed by atoms with Crippen LogP contribution in [0.5, 0.6) is 0 Å². The first-order valence-electron chi connectivity index (χ1n) is 6.96. The highest BCUT2D eigenvalue weighted by Crippen LogP contribution is 2.19. The quantitative estimate of drug-likeness (QED) is 0.789. The third-order valence-corrected chi connectivity index (χ3v) is 3.74. The van der Waals surface area contributed by atoms with E-state index in [9.17, 15) is 0 Å². The summed E-state index contributed by atoms with van der Waals surface area (Å²) >= 11 is 12.2. The van der Waals surface area contributed by atoms with Crippen LogP contribution >= 0.6 is 23.2 Å². The largest absolute Gasteiger partial charge is 0.330 e. The Morgan fingerprint density at radius 3 is 2.48 bits per heavy atom. The third kappa shape index (κ3) is 5.29. The lowest BCUT2D eigenvalue weighted by atomic mass is 10.2. The average Bonchev–Trinajstić information content (AvgIpc) is 2.49. The lowest BCUT2D eigenvalue weighted by Gasteiger charge is -2.22. The number of hydrogen-bond donors (Lipinski definition) is 1. The molecule has 0 aliphatic carbocycles. The van der Waals surface area contributed by atoms with Gasteiger partial charge in [0, 0.05) is 19.6 Å². The molecule has 3 nitrogen and oxygen atoms in total. The second kappa shape index (κ2) is 8.35. The molecule has 5 heteroatoms. The van der Waals surface area contributed by atoms with Crippen molar-refractivity contribution in [3.05, 3.63) is 63.9 Å². The molecule has 0 aliphatic heterocycles. The maximum absolute atomic E-state index is 6.20. The van der Waals surface area contributed by atoms with Crippen molar-refractivity contribution in [2.75, 3.05) is 13.1 Å².